The van der Waals surface area contributed by atoms with E-state index in [-0.39, 0.29) is 5.56 Å². The molecule has 94 valence electrons. The first-order valence-electron chi connectivity index (χ1n) is 5.17. The van der Waals surface area contributed by atoms with Gasteiger partial charge in [0, 0.05) is 4.47 Å². The monoisotopic (exact) mass is 311 g/mol. The Morgan fingerprint density at radius 1 is 1.50 bits per heavy atom. The minimum Gasteiger partial charge on any atom is -0.477 e. The quantitative estimate of drug-likeness (QED) is 0.943. The summed E-state index contributed by atoms with van der Waals surface area (Å²) in [6, 6.07) is 7.48. The van der Waals surface area contributed by atoms with E-state index in [4.69, 9.17) is 9.63 Å². The van der Waals surface area contributed by atoms with Gasteiger partial charge in [0.05, 0.1) is 12.2 Å². The Bertz CT molecular complexity index is 656. The minimum atomic E-state index is -1.27. The van der Waals surface area contributed by atoms with Crippen LogP contribution in [-0.2, 0) is 6.54 Å². The lowest BCUT2D eigenvalue weighted by atomic mass is 10.2. The second-order valence-corrected chi connectivity index (χ2v) is 4.73. The Kier molecular flexibility index (Phi) is 3.38. The molecular formula is C12H10BrNO4. The summed E-state index contributed by atoms with van der Waals surface area (Å²) in [6.45, 7) is 1.86. The van der Waals surface area contributed by atoms with E-state index < -0.39 is 11.6 Å². The number of carboxylic acids is 1. The highest BCUT2D eigenvalue weighted by Crippen LogP contribution is 2.14. The van der Waals surface area contributed by atoms with Gasteiger partial charge in [0.1, 0.15) is 0 Å². The van der Waals surface area contributed by atoms with Gasteiger partial charge in [-0.15, -0.1) is 0 Å². The molecule has 0 aliphatic heterocycles. The van der Waals surface area contributed by atoms with Gasteiger partial charge in [-0.25, -0.2) is 14.3 Å². The Morgan fingerprint density at radius 3 is 2.78 bits per heavy atom. The summed E-state index contributed by atoms with van der Waals surface area (Å²) in [6.07, 6.45) is 0. The number of aromatic nitrogens is 1. The highest BCUT2D eigenvalue weighted by molar-refractivity contribution is 9.10. The van der Waals surface area contributed by atoms with Crippen molar-refractivity contribution in [2.75, 3.05) is 0 Å². The first-order chi connectivity index (χ1) is 8.49. The molecule has 0 saturated heterocycles. The lowest BCUT2D eigenvalue weighted by Crippen LogP contribution is -2.09. The van der Waals surface area contributed by atoms with Crippen LogP contribution >= 0.6 is 15.9 Å². The number of hydrogen-bond donors (Lipinski definition) is 1. The fourth-order valence-corrected chi connectivity index (χ4v) is 2.13. The third-order valence-electron chi connectivity index (χ3n) is 2.56. The van der Waals surface area contributed by atoms with Gasteiger partial charge in [-0.1, -0.05) is 28.1 Å². The fourth-order valence-electron chi connectivity index (χ4n) is 1.68. The molecule has 5 nitrogen and oxygen atoms in total. The summed E-state index contributed by atoms with van der Waals surface area (Å²) >= 11 is 3.34. The molecular weight excluding hydrogens is 302 g/mol. The van der Waals surface area contributed by atoms with Crippen LogP contribution in [0.3, 0.4) is 0 Å². The molecule has 0 fully saturated rings. The van der Waals surface area contributed by atoms with Gasteiger partial charge in [-0.2, -0.15) is 0 Å². The molecule has 0 radical (unpaired) electrons. The molecule has 0 spiro atoms. The number of benzene rings is 1. The van der Waals surface area contributed by atoms with Gasteiger partial charge >= 0.3 is 11.6 Å². The molecule has 2 rings (SSSR count). The van der Waals surface area contributed by atoms with Crippen molar-refractivity contribution >= 4 is 21.9 Å². The van der Waals surface area contributed by atoms with Crippen LogP contribution in [0.4, 0.5) is 0 Å². The van der Waals surface area contributed by atoms with Gasteiger partial charge in [-0.05, 0) is 24.6 Å². The molecule has 0 aliphatic carbocycles. The van der Waals surface area contributed by atoms with Crippen LogP contribution < -0.4 is 5.63 Å². The average Bonchev–Trinajstić information content (AvgIpc) is 2.54. The number of hydrogen-bond acceptors (Lipinski definition) is 3. The Hall–Kier alpha value is -1.82. The molecule has 1 N–H and O–H groups in total. The second-order valence-electron chi connectivity index (χ2n) is 3.81. The van der Waals surface area contributed by atoms with E-state index in [1.807, 2.05) is 24.3 Å². The van der Waals surface area contributed by atoms with Crippen LogP contribution in [0.2, 0.25) is 0 Å². The first kappa shape index (κ1) is 12.6. The van der Waals surface area contributed by atoms with Crippen LogP contribution in [0.25, 0.3) is 0 Å². The summed E-state index contributed by atoms with van der Waals surface area (Å²) in [5.41, 5.74) is 0.0793. The predicted molar refractivity (Wildman–Crippen MR) is 67.9 cm³/mol. The summed E-state index contributed by atoms with van der Waals surface area (Å²) in [4.78, 5) is 22.3. The number of carboxylic acid groups (broad SMARTS) is 1. The zero-order valence-electron chi connectivity index (χ0n) is 9.51. The lowest BCUT2D eigenvalue weighted by molar-refractivity contribution is 0.0693. The molecule has 18 heavy (non-hydrogen) atoms. The highest BCUT2D eigenvalue weighted by Gasteiger charge is 2.19. The van der Waals surface area contributed by atoms with Gasteiger partial charge in [0.25, 0.3) is 0 Å². The van der Waals surface area contributed by atoms with E-state index in [1.54, 1.807) is 6.92 Å². The Labute approximate surface area is 111 Å². The average molecular weight is 312 g/mol. The SMILES string of the molecule is Cc1c(C(=O)O)c(=O)on1Cc1cccc(Br)c1. The molecule has 0 bridgehead atoms. The maximum atomic E-state index is 11.4. The third kappa shape index (κ3) is 2.38. The van der Waals surface area contributed by atoms with E-state index in [2.05, 4.69) is 15.9 Å². The predicted octanol–water partition coefficient (Wildman–Crippen LogP) is 2.26. The van der Waals surface area contributed by atoms with E-state index in [0.717, 1.165) is 10.0 Å². The highest BCUT2D eigenvalue weighted by atomic mass is 79.9. The zero-order valence-corrected chi connectivity index (χ0v) is 11.1. The number of carbonyl (C=O) groups is 1. The van der Waals surface area contributed by atoms with Crippen LogP contribution in [0.15, 0.2) is 38.1 Å². The standard InChI is InChI=1S/C12H10BrNO4/c1-7-10(11(15)16)12(17)18-14(7)6-8-3-2-4-9(13)5-8/h2-5H,6H2,1H3,(H,15,16). The number of rotatable bonds is 3. The maximum absolute atomic E-state index is 11.4. The molecule has 2 aromatic rings. The molecule has 0 amide bonds. The van der Waals surface area contributed by atoms with E-state index >= 15 is 0 Å². The molecule has 0 aliphatic rings. The van der Waals surface area contributed by atoms with Crippen molar-refractivity contribution in [3.05, 3.63) is 56.0 Å². The van der Waals surface area contributed by atoms with E-state index in [1.165, 1.54) is 4.74 Å². The summed E-state index contributed by atoms with van der Waals surface area (Å²) in [5, 5.41) is 8.89. The van der Waals surface area contributed by atoms with E-state index in [9.17, 15) is 9.59 Å². The summed E-state index contributed by atoms with van der Waals surface area (Å²) in [5.74, 6) is -1.27. The Morgan fingerprint density at radius 2 is 2.22 bits per heavy atom. The molecule has 6 heteroatoms. The molecule has 1 heterocycles. The largest absolute Gasteiger partial charge is 0.477 e. The van der Waals surface area contributed by atoms with Gasteiger partial charge < -0.3 is 9.63 Å². The maximum Gasteiger partial charge on any atom is 0.372 e. The van der Waals surface area contributed by atoms with Crippen molar-refractivity contribution in [2.24, 2.45) is 0 Å². The third-order valence-corrected chi connectivity index (χ3v) is 3.06. The minimum absolute atomic E-state index is 0.312. The Balaban J connectivity index is 2.39. The number of halogens is 1. The first-order valence-corrected chi connectivity index (χ1v) is 5.97. The van der Waals surface area contributed by atoms with Crippen LogP contribution in [0.1, 0.15) is 21.6 Å². The molecule has 1 aromatic heterocycles. The lowest BCUT2D eigenvalue weighted by Gasteiger charge is -2.04. The van der Waals surface area contributed by atoms with E-state index in [0.29, 0.717) is 12.2 Å². The van der Waals surface area contributed by atoms with Crippen LogP contribution in [0.5, 0.6) is 0 Å². The summed E-state index contributed by atoms with van der Waals surface area (Å²) < 4.78 is 7.11. The number of aromatic carboxylic acids is 1. The number of nitrogens with zero attached hydrogens (tertiary/aromatic N) is 1. The van der Waals surface area contributed by atoms with Crippen molar-refractivity contribution in [3.8, 4) is 0 Å². The fraction of sp³-hybridized carbons (Fsp3) is 0.167. The van der Waals surface area contributed by atoms with Crippen molar-refractivity contribution in [1.29, 1.82) is 0 Å². The van der Waals surface area contributed by atoms with Crippen LogP contribution in [-0.4, -0.2) is 15.8 Å². The van der Waals surface area contributed by atoms with Gasteiger partial charge in [0.15, 0.2) is 5.56 Å². The molecule has 1 aromatic carbocycles. The van der Waals surface area contributed by atoms with Gasteiger partial charge in [-0.3, -0.25) is 0 Å². The second kappa shape index (κ2) is 4.81. The van der Waals surface area contributed by atoms with Crippen molar-refractivity contribution in [2.45, 2.75) is 13.5 Å². The van der Waals surface area contributed by atoms with Crippen molar-refractivity contribution in [3.63, 3.8) is 0 Å². The molecule has 0 saturated carbocycles. The van der Waals surface area contributed by atoms with Gasteiger partial charge in [0.2, 0.25) is 0 Å². The molecule has 0 atom stereocenters. The van der Waals surface area contributed by atoms with Crippen molar-refractivity contribution < 1.29 is 14.4 Å². The van der Waals surface area contributed by atoms with Crippen molar-refractivity contribution in [1.82, 2.24) is 4.74 Å². The van der Waals surface area contributed by atoms with Crippen LogP contribution in [0, 0.1) is 6.92 Å². The zero-order chi connectivity index (χ0) is 13.3. The molecule has 0 unspecified atom stereocenters. The summed E-state index contributed by atoms with van der Waals surface area (Å²) in [7, 11) is 0. The normalized spacial score (nSPS) is 10.6. The smallest absolute Gasteiger partial charge is 0.372 e. The topological polar surface area (TPSA) is 72.4 Å².